The molecule has 1 N–H and O–H groups in total. The first kappa shape index (κ1) is 15.9. The number of halogens is 2. The molecule has 0 aliphatic heterocycles. The van der Waals surface area contributed by atoms with Gasteiger partial charge in [-0.3, -0.25) is 4.79 Å². The molecule has 0 aromatic heterocycles. The maximum atomic E-state index is 13.1. The van der Waals surface area contributed by atoms with Crippen LogP contribution < -0.4 is 5.32 Å². The largest absolute Gasteiger partial charge is 0.348 e. The summed E-state index contributed by atoms with van der Waals surface area (Å²) in [7, 11) is 0. The van der Waals surface area contributed by atoms with Gasteiger partial charge in [-0.2, -0.15) is 0 Å². The highest BCUT2D eigenvalue weighted by atomic mass is 35.5. The van der Waals surface area contributed by atoms with E-state index in [0.29, 0.717) is 22.6 Å². The van der Waals surface area contributed by atoms with Gasteiger partial charge in [0.15, 0.2) is 0 Å². The number of carbonyl (C=O) groups excluding carboxylic acids is 1. The van der Waals surface area contributed by atoms with E-state index in [0.717, 1.165) is 25.2 Å². The quantitative estimate of drug-likeness (QED) is 0.763. The first-order chi connectivity index (χ1) is 9.66. The maximum Gasteiger partial charge on any atom is 0.226 e. The fourth-order valence-corrected chi connectivity index (χ4v) is 6.63. The lowest BCUT2D eigenvalue weighted by atomic mass is 9.40. The van der Waals surface area contributed by atoms with Crippen molar-refractivity contribution >= 4 is 29.1 Å². The third kappa shape index (κ3) is 2.61. The Morgan fingerprint density at radius 2 is 1.62 bits per heavy atom. The molecular weight excluding hydrogens is 305 g/mol. The Morgan fingerprint density at radius 1 is 1.10 bits per heavy atom. The van der Waals surface area contributed by atoms with Crippen LogP contribution in [0, 0.1) is 22.2 Å². The third-order valence-corrected chi connectivity index (χ3v) is 7.29. The summed E-state index contributed by atoms with van der Waals surface area (Å²) in [5.74, 6) is 1.64. The van der Waals surface area contributed by atoms with Crippen LogP contribution in [-0.2, 0) is 4.79 Å². The van der Waals surface area contributed by atoms with E-state index in [4.69, 9.17) is 23.2 Å². The van der Waals surface area contributed by atoms with E-state index in [2.05, 4.69) is 19.2 Å². The predicted octanol–water partition coefficient (Wildman–Crippen LogP) is 4.34. The van der Waals surface area contributed by atoms with Crippen molar-refractivity contribution in [2.24, 2.45) is 22.2 Å². The second kappa shape index (κ2) is 4.77. The summed E-state index contributed by atoms with van der Waals surface area (Å²) in [5, 5.41) is 3.18. The van der Waals surface area contributed by atoms with Gasteiger partial charge in [0.05, 0.1) is 11.0 Å². The number of hydrogen-bond donors (Lipinski definition) is 1. The topological polar surface area (TPSA) is 29.1 Å². The molecule has 4 aliphatic carbocycles. The third-order valence-electron chi connectivity index (χ3n) is 6.11. The van der Waals surface area contributed by atoms with E-state index in [1.807, 2.05) is 6.92 Å². The van der Waals surface area contributed by atoms with Crippen LogP contribution in [-0.4, -0.2) is 23.2 Å². The van der Waals surface area contributed by atoms with Crippen molar-refractivity contribution < 1.29 is 4.79 Å². The van der Waals surface area contributed by atoms with E-state index in [-0.39, 0.29) is 11.3 Å². The van der Waals surface area contributed by atoms with E-state index in [9.17, 15) is 4.79 Å². The summed E-state index contributed by atoms with van der Waals surface area (Å²) in [6.07, 6.45) is 7.04. The molecule has 0 saturated heterocycles. The van der Waals surface area contributed by atoms with Crippen LogP contribution in [0.5, 0.6) is 0 Å². The van der Waals surface area contributed by atoms with Crippen LogP contribution >= 0.6 is 23.2 Å². The molecule has 4 bridgehead atoms. The summed E-state index contributed by atoms with van der Waals surface area (Å²) < 4.78 is 0. The fourth-order valence-electron chi connectivity index (χ4n) is 6.21. The number of carbonyl (C=O) groups is 1. The van der Waals surface area contributed by atoms with Gasteiger partial charge in [0.2, 0.25) is 5.91 Å². The molecule has 4 rings (SSSR count). The van der Waals surface area contributed by atoms with Crippen molar-refractivity contribution in [3.8, 4) is 0 Å². The molecule has 0 radical (unpaired) electrons. The highest BCUT2D eigenvalue weighted by Crippen LogP contribution is 2.69. The van der Waals surface area contributed by atoms with Crippen molar-refractivity contribution in [2.75, 3.05) is 11.8 Å². The molecule has 4 heteroatoms. The van der Waals surface area contributed by atoms with Crippen LogP contribution in [0.1, 0.15) is 59.3 Å². The van der Waals surface area contributed by atoms with Gasteiger partial charge in [-0.25, -0.2) is 0 Å². The van der Waals surface area contributed by atoms with Crippen LogP contribution in [0.25, 0.3) is 0 Å². The molecule has 4 saturated carbocycles. The number of nitrogens with one attached hydrogen (secondary N) is 1. The Balaban J connectivity index is 1.86. The zero-order valence-electron chi connectivity index (χ0n) is 13.4. The van der Waals surface area contributed by atoms with Crippen molar-refractivity contribution in [1.29, 1.82) is 0 Å². The molecule has 0 heterocycles. The van der Waals surface area contributed by atoms with Crippen LogP contribution in [0.15, 0.2) is 0 Å². The molecule has 120 valence electrons. The molecule has 21 heavy (non-hydrogen) atoms. The standard InChI is InChI=1S/C17H27Cl2NO/c1-14-4-12-5-15(2,7-14)9-17(6-12,8-14)13(21)20-16(3,10-18)11-19/h12H,4-11H2,1-3H3,(H,20,21). The minimum Gasteiger partial charge on any atom is -0.348 e. The molecule has 0 aromatic rings. The number of alkyl halides is 2. The average Bonchev–Trinajstić information content (AvgIpc) is 2.34. The monoisotopic (exact) mass is 331 g/mol. The molecule has 0 aromatic carbocycles. The first-order valence-corrected chi connectivity index (χ1v) is 9.17. The van der Waals surface area contributed by atoms with Gasteiger partial charge in [0.25, 0.3) is 0 Å². The van der Waals surface area contributed by atoms with Crippen LogP contribution in [0.3, 0.4) is 0 Å². The smallest absolute Gasteiger partial charge is 0.226 e. The highest BCUT2D eigenvalue weighted by Gasteiger charge is 2.62. The molecule has 2 nitrogen and oxygen atoms in total. The molecule has 2 unspecified atom stereocenters. The van der Waals surface area contributed by atoms with E-state index in [1.54, 1.807) is 0 Å². The molecule has 4 aliphatic rings. The summed E-state index contributed by atoms with van der Waals surface area (Å²) in [5.41, 5.74) is 0.0291. The van der Waals surface area contributed by atoms with Crippen LogP contribution in [0.2, 0.25) is 0 Å². The maximum absolute atomic E-state index is 13.1. The van der Waals surface area contributed by atoms with Crippen molar-refractivity contribution in [3.05, 3.63) is 0 Å². The van der Waals surface area contributed by atoms with Gasteiger partial charge >= 0.3 is 0 Å². The van der Waals surface area contributed by atoms with Gasteiger partial charge in [0.1, 0.15) is 0 Å². The van der Waals surface area contributed by atoms with Crippen molar-refractivity contribution in [1.82, 2.24) is 5.32 Å². The Hall–Kier alpha value is 0.0500. The average molecular weight is 332 g/mol. The number of rotatable bonds is 4. The second-order valence-electron chi connectivity index (χ2n) is 9.19. The van der Waals surface area contributed by atoms with Gasteiger partial charge in [0, 0.05) is 11.8 Å². The number of hydrogen-bond acceptors (Lipinski definition) is 1. The van der Waals surface area contributed by atoms with Crippen LogP contribution in [0.4, 0.5) is 0 Å². The van der Waals surface area contributed by atoms with Gasteiger partial charge < -0.3 is 5.32 Å². The Kier molecular flexibility index (Phi) is 3.62. The zero-order valence-corrected chi connectivity index (χ0v) is 14.9. The predicted molar refractivity (Wildman–Crippen MR) is 87.8 cm³/mol. The lowest BCUT2D eigenvalue weighted by Gasteiger charge is -2.64. The Labute approximate surface area is 138 Å². The highest BCUT2D eigenvalue weighted by molar-refractivity contribution is 6.22. The van der Waals surface area contributed by atoms with E-state index in [1.165, 1.54) is 19.3 Å². The summed E-state index contributed by atoms with van der Waals surface area (Å²) in [6, 6.07) is 0. The summed E-state index contributed by atoms with van der Waals surface area (Å²) in [4.78, 5) is 13.1. The minimum absolute atomic E-state index is 0.178. The lowest BCUT2D eigenvalue weighted by Crippen LogP contribution is -2.63. The Morgan fingerprint density at radius 3 is 2.05 bits per heavy atom. The number of amides is 1. The molecule has 4 fully saturated rings. The lowest BCUT2D eigenvalue weighted by molar-refractivity contribution is -0.171. The minimum atomic E-state index is -0.495. The van der Waals surface area contributed by atoms with E-state index >= 15 is 0 Å². The van der Waals surface area contributed by atoms with E-state index < -0.39 is 5.54 Å². The molecule has 1 amide bonds. The zero-order chi connectivity index (χ0) is 15.5. The van der Waals surface area contributed by atoms with Gasteiger partial charge in [-0.1, -0.05) is 13.8 Å². The van der Waals surface area contributed by atoms with Crippen molar-refractivity contribution in [3.63, 3.8) is 0 Å². The summed E-state index contributed by atoms with van der Waals surface area (Å²) in [6.45, 7) is 6.72. The molecular formula is C17H27Cl2NO. The Bertz CT molecular complexity index is 442. The molecule has 0 spiro atoms. The fraction of sp³-hybridized carbons (Fsp3) is 0.941. The first-order valence-electron chi connectivity index (χ1n) is 8.10. The van der Waals surface area contributed by atoms with Gasteiger partial charge in [-0.15, -0.1) is 23.2 Å². The SMILES string of the molecule is CC12CC3CC(C)(C1)CC(C(=O)NC(C)(CCl)CCl)(C3)C2. The van der Waals surface area contributed by atoms with Crippen molar-refractivity contribution in [2.45, 2.75) is 64.8 Å². The normalized spacial score (nSPS) is 44.9. The summed E-state index contributed by atoms with van der Waals surface area (Å²) >= 11 is 12.0. The molecule has 2 atom stereocenters. The van der Waals surface area contributed by atoms with Gasteiger partial charge in [-0.05, 0) is 62.2 Å². The second-order valence-corrected chi connectivity index (χ2v) is 9.73.